The maximum Gasteiger partial charge on any atom is 0.333 e. The number of hydrogen-bond acceptors (Lipinski definition) is 6. The number of aromatic nitrogens is 3. The summed E-state index contributed by atoms with van der Waals surface area (Å²) in [6.45, 7) is 5.58. The third-order valence-corrected chi connectivity index (χ3v) is 6.54. The molecule has 0 aliphatic carbocycles. The summed E-state index contributed by atoms with van der Waals surface area (Å²) >= 11 is 0. The normalized spacial score (nSPS) is 11.9. The molecule has 1 aromatic carbocycles. The molecule has 0 spiro atoms. The monoisotopic (exact) mass is 403 g/mol. The van der Waals surface area contributed by atoms with Gasteiger partial charge in [0.15, 0.2) is 0 Å². The van der Waals surface area contributed by atoms with Gasteiger partial charge < -0.3 is 0 Å². The highest BCUT2D eigenvalue weighted by Crippen LogP contribution is 2.29. The van der Waals surface area contributed by atoms with Gasteiger partial charge in [0.25, 0.3) is 0 Å². The average molecular weight is 403 g/mol. The third kappa shape index (κ3) is 3.42. The van der Waals surface area contributed by atoms with Crippen LogP contribution in [-0.2, 0) is 10.0 Å². The summed E-state index contributed by atoms with van der Waals surface area (Å²) in [6, 6.07) is 8.73. The predicted octanol–water partition coefficient (Wildman–Crippen LogP) is 3.26. The van der Waals surface area contributed by atoms with Crippen LogP contribution in [0.15, 0.2) is 42.7 Å². The zero-order valence-corrected chi connectivity index (χ0v) is 16.6. The van der Waals surface area contributed by atoms with Gasteiger partial charge in [0.2, 0.25) is 15.7 Å². The Morgan fingerprint density at radius 1 is 1.29 bits per heavy atom. The molecule has 0 amide bonds. The summed E-state index contributed by atoms with van der Waals surface area (Å²) in [5, 5.41) is 14.7. The largest absolute Gasteiger partial charge is 0.333 e. The Morgan fingerprint density at radius 2 is 2.04 bits per heavy atom. The van der Waals surface area contributed by atoms with Crippen LogP contribution in [0.3, 0.4) is 0 Å². The first-order valence-corrected chi connectivity index (χ1v) is 10.4. The fourth-order valence-corrected chi connectivity index (χ4v) is 4.26. The van der Waals surface area contributed by atoms with Crippen LogP contribution in [0.2, 0.25) is 0 Å². The minimum Gasteiger partial charge on any atom is -0.270 e. The lowest BCUT2D eigenvalue weighted by Gasteiger charge is -2.26. The molecule has 28 heavy (non-hydrogen) atoms. The summed E-state index contributed by atoms with van der Waals surface area (Å²) in [5.41, 5.74) is 1.75. The molecule has 3 rings (SSSR count). The minimum atomic E-state index is -3.49. The van der Waals surface area contributed by atoms with Crippen molar-refractivity contribution >= 4 is 27.0 Å². The van der Waals surface area contributed by atoms with Gasteiger partial charge in [0.05, 0.1) is 21.6 Å². The van der Waals surface area contributed by atoms with E-state index in [9.17, 15) is 18.5 Å². The van der Waals surface area contributed by atoms with E-state index in [1.54, 1.807) is 44.2 Å². The number of anilines is 1. The number of hydrogen-bond donors (Lipinski definition) is 0. The van der Waals surface area contributed by atoms with Gasteiger partial charge in [-0.2, -0.15) is 5.10 Å². The molecule has 2 aromatic heterocycles. The molecule has 0 bridgehead atoms. The van der Waals surface area contributed by atoms with E-state index in [1.165, 1.54) is 15.0 Å². The molecule has 148 valence electrons. The lowest BCUT2D eigenvalue weighted by molar-refractivity contribution is -0.383. The third-order valence-electron chi connectivity index (χ3n) is 4.34. The fraction of sp³-hybridized carbons (Fsp3) is 0.333. The van der Waals surface area contributed by atoms with Crippen molar-refractivity contribution in [2.75, 3.05) is 10.8 Å². The van der Waals surface area contributed by atoms with Crippen LogP contribution in [0.5, 0.6) is 0 Å². The molecule has 0 saturated heterocycles. The van der Waals surface area contributed by atoms with Gasteiger partial charge in [-0.25, -0.2) is 17.9 Å². The topological polar surface area (TPSA) is 111 Å². The Hall–Kier alpha value is -3.01. The number of sulfonamides is 1. The van der Waals surface area contributed by atoms with Gasteiger partial charge in [0.1, 0.15) is 6.20 Å². The Morgan fingerprint density at radius 3 is 2.68 bits per heavy atom. The van der Waals surface area contributed by atoms with E-state index in [-0.39, 0.29) is 11.3 Å². The molecule has 3 aromatic rings. The highest BCUT2D eigenvalue weighted by atomic mass is 32.2. The zero-order valence-electron chi connectivity index (χ0n) is 15.8. The maximum absolute atomic E-state index is 12.8. The van der Waals surface area contributed by atoms with E-state index < -0.39 is 20.2 Å². The molecule has 2 heterocycles. The van der Waals surface area contributed by atoms with Crippen LogP contribution >= 0.6 is 0 Å². The van der Waals surface area contributed by atoms with E-state index in [1.807, 2.05) is 6.92 Å². The SMILES string of the molecule is CCCN(c1cccc(-c2ccnc3c([N+](=O)[O-])cnn23)c1)S(=O)(=O)C(C)C. The van der Waals surface area contributed by atoms with E-state index in [0.717, 1.165) is 6.20 Å². The summed E-state index contributed by atoms with van der Waals surface area (Å²) in [6.07, 6.45) is 3.30. The molecule has 0 aliphatic rings. The van der Waals surface area contributed by atoms with Crippen LogP contribution in [0, 0.1) is 10.1 Å². The molecule has 0 fully saturated rings. The molecule has 0 unspecified atom stereocenters. The minimum absolute atomic E-state index is 0.133. The number of fused-ring (bicyclic) bond motifs is 1. The summed E-state index contributed by atoms with van der Waals surface area (Å²) in [7, 11) is -3.49. The maximum atomic E-state index is 12.8. The molecule has 0 aliphatic heterocycles. The van der Waals surface area contributed by atoms with Gasteiger partial charge in [-0.15, -0.1) is 0 Å². The molecule has 0 saturated carbocycles. The first-order valence-electron chi connectivity index (χ1n) is 8.86. The van der Waals surface area contributed by atoms with E-state index >= 15 is 0 Å². The fourth-order valence-electron chi connectivity index (χ4n) is 2.91. The highest BCUT2D eigenvalue weighted by molar-refractivity contribution is 7.93. The number of nitro groups is 1. The second kappa shape index (κ2) is 7.55. The van der Waals surface area contributed by atoms with Crippen LogP contribution in [0.1, 0.15) is 27.2 Å². The lowest BCUT2D eigenvalue weighted by atomic mass is 10.1. The first-order chi connectivity index (χ1) is 13.3. The van der Waals surface area contributed by atoms with Crippen molar-refractivity contribution < 1.29 is 13.3 Å². The lowest BCUT2D eigenvalue weighted by Crippen LogP contribution is -2.37. The standard InChI is InChI=1S/C18H21N5O4S/c1-4-10-21(28(26,27)13(2)3)15-7-5-6-14(11-15)16-8-9-19-18-17(23(24)25)12-20-22(16)18/h5-9,11-13H,4,10H2,1-3H3. The number of benzene rings is 1. The van der Waals surface area contributed by atoms with Crippen molar-refractivity contribution in [3.63, 3.8) is 0 Å². The van der Waals surface area contributed by atoms with E-state index in [2.05, 4.69) is 10.1 Å². The molecule has 10 heteroatoms. The van der Waals surface area contributed by atoms with Crippen molar-refractivity contribution in [1.29, 1.82) is 0 Å². The number of rotatable bonds is 7. The second-order valence-electron chi connectivity index (χ2n) is 6.57. The van der Waals surface area contributed by atoms with Gasteiger partial charge in [0, 0.05) is 18.3 Å². The van der Waals surface area contributed by atoms with Crippen LogP contribution < -0.4 is 4.31 Å². The van der Waals surface area contributed by atoms with E-state index in [4.69, 9.17) is 0 Å². The summed E-state index contributed by atoms with van der Waals surface area (Å²) < 4.78 is 28.4. The molecule has 9 nitrogen and oxygen atoms in total. The summed E-state index contributed by atoms with van der Waals surface area (Å²) in [5.74, 6) is 0. The van der Waals surface area contributed by atoms with Crippen molar-refractivity contribution in [2.24, 2.45) is 0 Å². The van der Waals surface area contributed by atoms with Crippen molar-refractivity contribution in [3.05, 3.63) is 52.8 Å². The average Bonchev–Trinajstić information content (AvgIpc) is 3.10. The van der Waals surface area contributed by atoms with Gasteiger partial charge >= 0.3 is 5.69 Å². The smallest absolute Gasteiger partial charge is 0.270 e. The quantitative estimate of drug-likeness (QED) is 0.442. The Bertz CT molecular complexity index is 1120. The molecule has 0 atom stereocenters. The van der Waals surface area contributed by atoms with Gasteiger partial charge in [-0.3, -0.25) is 14.4 Å². The molecular weight excluding hydrogens is 382 g/mol. The second-order valence-corrected chi connectivity index (χ2v) is 8.98. The van der Waals surface area contributed by atoms with Crippen LogP contribution in [-0.4, -0.2) is 39.7 Å². The Balaban J connectivity index is 2.14. The molecule has 0 radical (unpaired) electrons. The zero-order chi connectivity index (χ0) is 20.5. The molecule has 0 N–H and O–H groups in total. The van der Waals surface area contributed by atoms with Gasteiger partial charge in [-0.1, -0.05) is 19.1 Å². The Labute approximate surface area is 162 Å². The first kappa shape index (κ1) is 19.7. The van der Waals surface area contributed by atoms with Crippen LogP contribution in [0.25, 0.3) is 16.9 Å². The van der Waals surface area contributed by atoms with Gasteiger partial charge in [-0.05, 0) is 38.5 Å². The summed E-state index contributed by atoms with van der Waals surface area (Å²) in [4.78, 5) is 14.7. The molecular formula is C18H21N5O4S. The number of nitrogens with zero attached hydrogens (tertiary/aromatic N) is 5. The van der Waals surface area contributed by atoms with Crippen LogP contribution in [0.4, 0.5) is 11.4 Å². The highest BCUT2D eigenvalue weighted by Gasteiger charge is 2.26. The van der Waals surface area contributed by atoms with Crippen molar-refractivity contribution in [2.45, 2.75) is 32.4 Å². The van der Waals surface area contributed by atoms with Crippen molar-refractivity contribution in [1.82, 2.24) is 14.6 Å². The van der Waals surface area contributed by atoms with E-state index in [0.29, 0.717) is 29.9 Å². The Kier molecular flexibility index (Phi) is 5.32. The van der Waals surface area contributed by atoms with Crippen molar-refractivity contribution in [3.8, 4) is 11.3 Å². The predicted molar refractivity (Wildman–Crippen MR) is 107 cm³/mol.